The minimum absolute atomic E-state index is 0.115. The molecule has 2 rings (SSSR count). The summed E-state index contributed by atoms with van der Waals surface area (Å²) < 4.78 is 5.48. The van der Waals surface area contributed by atoms with Gasteiger partial charge in [0, 0.05) is 17.1 Å². The first-order valence-corrected chi connectivity index (χ1v) is 8.45. The van der Waals surface area contributed by atoms with Crippen molar-refractivity contribution >= 4 is 17.6 Å². The zero-order valence-corrected chi connectivity index (χ0v) is 15.8. The Morgan fingerprint density at radius 1 is 1.19 bits per heavy atom. The number of carbonyl (C=O) groups is 2. The zero-order chi connectivity index (χ0) is 19.6. The molecule has 1 aromatic rings. The van der Waals surface area contributed by atoms with Crippen molar-refractivity contribution in [1.29, 1.82) is 0 Å². The summed E-state index contributed by atoms with van der Waals surface area (Å²) >= 11 is 0. The predicted octanol–water partition coefficient (Wildman–Crippen LogP) is 3.18. The number of rotatable bonds is 4. The van der Waals surface area contributed by atoms with Gasteiger partial charge in [0.2, 0.25) is 0 Å². The molecule has 0 fully saturated rings. The monoisotopic (exact) mass is 358 g/mol. The van der Waals surface area contributed by atoms with Crippen LogP contribution in [0.3, 0.4) is 0 Å². The van der Waals surface area contributed by atoms with Crippen LogP contribution < -0.4 is 11.1 Å². The molecule has 1 aliphatic heterocycles. The number of anilines is 1. The minimum Gasteiger partial charge on any atom is -0.478 e. The van der Waals surface area contributed by atoms with E-state index in [4.69, 9.17) is 10.5 Å². The largest absolute Gasteiger partial charge is 0.478 e. The van der Waals surface area contributed by atoms with Gasteiger partial charge in [-0.2, -0.15) is 0 Å². The third kappa shape index (κ3) is 4.25. The lowest BCUT2D eigenvalue weighted by atomic mass is 9.80. The summed E-state index contributed by atoms with van der Waals surface area (Å²) in [5.41, 5.74) is 8.32. The molecule has 1 aliphatic rings. The average molecular weight is 358 g/mol. The first-order chi connectivity index (χ1) is 12.0. The number of aliphatic carboxylic acids is 1. The zero-order valence-electron chi connectivity index (χ0n) is 15.8. The quantitative estimate of drug-likeness (QED) is 0.564. The van der Waals surface area contributed by atoms with Crippen LogP contribution in [0.4, 0.5) is 5.69 Å². The van der Waals surface area contributed by atoms with Crippen molar-refractivity contribution < 1.29 is 19.4 Å². The number of dihydropyridines is 1. The fourth-order valence-electron chi connectivity index (χ4n) is 2.98. The van der Waals surface area contributed by atoms with E-state index in [-0.39, 0.29) is 17.6 Å². The van der Waals surface area contributed by atoms with Gasteiger partial charge in [-0.15, -0.1) is 0 Å². The molecular formula is C20H26N2O4. The lowest BCUT2D eigenvalue weighted by Crippen LogP contribution is -2.32. The molecule has 26 heavy (non-hydrogen) atoms. The van der Waals surface area contributed by atoms with Gasteiger partial charge in [-0.05, 0) is 37.0 Å². The number of esters is 1. The molecule has 0 aromatic heterocycles. The minimum atomic E-state index is -1.09. The van der Waals surface area contributed by atoms with Crippen molar-refractivity contribution in [2.75, 3.05) is 12.3 Å². The van der Waals surface area contributed by atoms with E-state index >= 15 is 0 Å². The molecule has 4 N–H and O–H groups in total. The van der Waals surface area contributed by atoms with Crippen LogP contribution >= 0.6 is 0 Å². The molecule has 0 saturated heterocycles. The number of nitrogen functional groups attached to an aromatic ring is 1. The van der Waals surface area contributed by atoms with Crippen molar-refractivity contribution in [3.63, 3.8) is 0 Å². The number of hydrogen-bond donors (Lipinski definition) is 3. The maximum absolute atomic E-state index is 12.8. The molecule has 6 nitrogen and oxygen atoms in total. The van der Waals surface area contributed by atoms with E-state index in [1.54, 1.807) is 38.1 Å². The number of hydrogen-bond acceptors (Lipinski definition) is 5. The van der Waals surface area contributed by atoms with Gasteiger partial charge in [-0.3, -0.25) is 0 Å². The van der Waals surface area contributed by atoms with Gasteiger partial charge in [-0.1, -0.05) is 32.9 Å². The Labute approximate surface area is 153 Å². The number of carbonyl (C=O) groups excluding carboxylic acids is 1. The fraction of sp³-hybridized carbons (Fsp3) is 0.400. The molecule has 1 unspecified atom stereocenters. The van der Waals surface area contributed by atoms with Gasteiger partial charge in [0.25, 0.3) is 0 Å². The lowest BCUT2D eigenvalue weighted by Gasteiger charge is -2.30. The molecule has 0 bridgehead atoms. The highest BCUT2D eigenvalue weighted by molar-refractivity contribution is 5.99. The van der Waals surface area contributed by atoms with Crippen molar-refractivity contribution in [3.05, 3.63) is 52.4 Å². The third-order valence-electron chi connectivity index (χ3n) is 4.09. The van der Waals surface area contributed by atoms with E-state index < -0.39 is 17.9 Å². The summed E-state index contributed by atoms with van der Waals surface area (Å²) in [6.07, 6.45) is 0. The molecule has 1 aromatic carbocycles. The highest BCUT2D eigenvalue weighted by atomic mass is 16.5. The van der Waals surface area contributed by atoms with Crippen LogP contribution in [0.2, 0.25) is 0 Å². The van der Waals surface area contributed by atoms with Crippen molar-refractivity contribution in [2.24, 2.45) is 5.41 Å². The Morgan fingerprint density at radius 2 is 1.81 bits per heavy atom. The predicted molar refractivity (Wildman–Crippen MR) is 100 cm³/mol. The molecule has 140 valence electrons. The summed E-state index contributed by atoms with van der Waals surface area (Å²) in [5, 5.41) is 12.8. The summed E-state index contributed by atoms with van der Waals surface area (Å²) in [7, 11) is 0. The Morgan fingerprint density at radius 3 is 2.35 bits per heavy atom. The van der Waals surface area contributed by atoms with Crippen LogP contribution in [0.1, 0.15) is 46.1 Å². The number of nitrogens with two attached hydrogens (primary N) is 1. The summed E-state index contributed by atoms with van der Waals surface area (Å²) in [6, 6.07) is 6.92. The first-order valence-electron chi connectivity index (χ1n) is 8.45. The molecule has 0 radical (unpaired) electrons. The summed E-state index contributed by atoms with van der Waals surface area (Å²) in [6.45, 7) is 9.55. The van der Waals surface area contributed by atoms with E-state index in [1.165, 1.54) is 0 Å². The molecule has 1 heterocycles. The van der Waals surface area contributed by atoms with E-state index in [2.05, 4.69) is 5.32 Å². The van der Waals surface area contributed by atoms with Crippen LogP contribution in [0, 0.1) is 5.41 Å². The van der Waals surface area contributed by atoms with Crippen LogP contribution in [0.25, 0.3) is 0 Å². The molecule has 6 heteroatoms. The van der Waals surface area contributed by atoms with Crippen molar-refractivity contribution in [1.82, 2.24) is 5.32 Å². The van der Waals surface area contributed by atoms with Gasteiger partial charge < -0.3 is 20.9 Å². The van der Waals surface area contributed by atoms with Gasteiger partial charge >= 0.3 is 11.9 Å². The Kier molecular flexibility index (Phi) is 5.44. The Balaban J connectivity index is 2.54. The van der Waals surface area contributed by atoms with Gasteiger partial charge in [0.1, 0.15) is 0 Å². The normalized spacial score (nSPS) is 17.8. The average Bonchev–Trinajstić information content (AvgIpc) is 2.50. The highest BCUT2D eigenvalue weighted by Gasteiger charge is 2.37. The molecule has 0 saturated carbocycles. The van der Waals surface area contributed by atoms with Crippen LogP contribution in [-0.2, 0) is 14.3 Å². The maximum atomic E-state index is 12.8. The second kappa shape index (κ2) is 7.23. The van der Waals surface area contributed by atoms with E-state index in [0.29, 0.717) is 28.2 Å². The summed E-state index contributed by atoms with van der Waals surface area (Å²) in [5.74, 6) is -2.36. The topological polar surface area (TPSA) is 102 Å². The number of carboxylic acids is 1. The first kappa shape index (κ1) is 19.6. The number of allylic oxidation sites excluding steroid dienone is 2. The van der Waals surface area contributed by atoms with E-state index in [1.807, 2.05) is 20.8 Å². The van der Waals surface area contributed by atoms with E-state index in [0.717, 1.165) is 0 Å². The second-order valence-electron chi connectivity index (χ2n) is 7.75. The number of nitrogens with one attached hydrogen (secondary N) is 1. The smallest absolute Gasteiger partial charge is 0.336 e. The molecule has 0 spiro atoms. The SMILES string of the molecule is CC1=C(C(=O)O)C(c2cccc(N)c2)C(C(=O)OCC(C)(C)C)=C(C)N1. The van der Waals surface area contributed by atoms with Gasteiger partial charge in [-0.25, -0.2) is 9.59 Å². The van der Waals surface area contributed by atoms with Crippen LogP contribution in [-0.4, -0.2) is 23.7 Å². The van der Waals surface area contributed by atoms with Crippen LogP contribution in [0.15, 0.2) is 46.8 Å². The second-order valence-corrected chi connectivity index (χ2v) is 7.75. The molecule has 0 aliphatic carbocycles. The lowest BCUT2D eigenvalue weighted by molar-refractivity contribution is -0.142. The van der Waals surface area contributed by atoms with Crippen molar-refractivity contribution in [3.8, 4) is 0 Å². The molecule has 0 amide bonds. The number of ether oxygens (including phenoxy) is 1. The van der Waals surface area contributed by atoms with Crippen LogP contribution in [0.5, 0.6) is 0 Å². The standard InChI is InChI=1S/C20H26N2O4/c1-11-15(18(23)24)17(13-7-6-8-14(21)9-13)16(12(2)22-11)19(25)26-10-20(3,4)5/h6-9,17,22H,10,21H2,1-5H3,(H,23,24). The third-order valence-corrected chi connectivity index (χ3v) is 4.09. The highest BCUT2D eigenvalue weighted by Crippen LogP contribution is 2.39. The van der Waals surface area contributed by atoms with Gasteiger partial charge in [0.15, 0.2) is 0 Å². The summed E-state index contributed by atoms with van der Waals surface area (Å²) in [4.78, 5) is 24.8. The molecular weight excluding hydrogens is 332 g/mol. The number of carboxylic acid groups (broad SMARTS) is 1. The maximum Gasteiger partial charge on any atom is 0.336 e. The van der Waals surface area contributed by atoms with E-state index in [9.17, 15) is 14.7 Å². The fourth-order valence-corrected chi connectivity index (χ4v) is 2.98. The Hall–Kier alpha value is -2.76. The van der Waals surface area contributed by atoms with Gasteiger partial charge in [0.05, 0.1) is 23.7 Å². The Bertz CT molecular complexity index is 800. The van der Waals surface area contributed by atoms with Crippen molar-refractivity contribution in [2.45, 2.75) is 40.5 Å². The number of benzene rings is 1. The molecule has 1 atom stereocenters.